The Morgan fingerprint density at radius 3 is 2.69 bits per heavy atom. The van der Waals surface area contributed by atoms with Crippen molar-refractivity contribution in [2.75, 3.05) is 6.54 Å². The lowest BCUT2D eigenvalue weighted by atomic mass is 9.87. The molecule has 1 N–H and O–H groups in total. The van der Waals surface area contributed by atoms with Crippen LogP contribution < -0.4 is 10.1 Å². The van der Waals surface area contributed by atoms with E-state index in [9.17, 15) is 14.0 Å². The molecule has 0 spiro atoms. The number of amides is 2. The maximum Gasteiger partial charge on any atom is 0.271 e. The van der Waals surface area contributed by atoms with Crippen LogP contribution in [0.15, 0.2) is 78.2 Å². The number of benzene rings is 3. The van der Waals surface area contributed by atoms with Crippen molar-refractivity contribution in [1.29, 1.82) is 0 Å². The molecule has 6 nitrogen and oxygen atoms in total. The van der Waals surface area contributed by atoms with Crippen molar-refractivity contribution in [3.63, 3.8) is 0 Å². The molecular formula is C31H30FN3O3S. The van der Waals surface area contributed by atoms with Gasteiger partial charge in [0.2, 0.25) is 5.91 Å². The highest BCUT2D eigenvalue weighted by Gasteiger charge is 2.33. The summed E-state index contributed by atoms with van der Waals surface area (Å²) in [6.07, 6.45) is 0.790. The number of carbonyl (C=O) groups excluding carboxylic acids is 2. The molecule has 0 unspecified atom stereocenters. The Kier molecular flexibility index (Phi) is 8.02. The van der Waals surface area contributed by atoms with Crippen molar-refractivity contribution in [3.8, 4) is 5.75 Å². The van der Waals surface area contributed by atoms with E-state index in [2.05, 4.69) is 28.5 Å². The molecule has 0 bridgehead atoms. The molecule has 1 atom stereocenters. The van der Waals surface area contributed by atoms with Gasteiger partial charge in [0.25, 0.3) is 5.91 Å². The van der Waals surface area contributed by atoms with E-state index in [1.165, 1.54) is 29.0 Å². The minimum Gasteiger partial charge on any atom is -0.486 e. The van der Waals surface area contributed by atoms with Gasteiger partial charge in [-0.1, -0.05) is 62.4 Å². The Morgan fingerprint density at radius 2 is 1.92 bits per heavy atom. The van der Waals surface area contributed by atoms with Crippen LogP contribution in [-0.4, -0.2) is 28.2 Å². The van der Waals surface area contributed by atoms with Gasteiger partial charge in [-0.2, -0.15) is 0 Å². The first-order valence-electron chi connectivity index (χ1n) is 13.0. The van der Waals surface area contributed by atoms with Crippen molar-refractivity contribution in [2.45, 2.75) is 39.5 Å². The van der Waals surface area contributed by atoms with Crippen LogP contribution in [0.5, 0.6) is 5.75 Å². The number of nitrogens with one attached hydrogen (secondary N) is 1. The maximum atomic E-state index is 13.4. The standard InChI is InChI=1S/C31H30FN3O3S/c1-20(2)31(37)35-14-13-22-11-12-25(16-26(22)29(35)23-8-4-3-5-9-23)38-18-28-34-27(19-39-28)30(36)33-17-21-7-6-10-24(32)15-21/h3-12,15-16,19-20,29H,13-14,17-18H2,1-2H3,(H,33,36)/t29-/m0/s1. The first-order chi connectivity index (χ1) is 18.9. The van der Waals surface area contributed by atoms with Crippen molar-refractivity contribution in [2.24, 2.45) is 5.92 Å². The van der Waals surface area contributed by atoms with Crippen LogP contribution in [0.25, 0.3) is 0 Å². The zero-order valence-corrected chi connectivity index (χ0v) is 22.7. The fourth-order valence-electron chi connectivity index (χ4n) is 4.79. The van der Waals surface area contributed by atoms with E-state index in [-0.39, 0.29) is 42.7 Å². The third-order valence-electron chi connectivity index (χ3n) is 6.73. The SMILES string of the molecule is CC(C)C(=O)N1CCc2ccc(OCc3nc(C(=O)NCc4cccc(F)c4)cs3)cc2[C@@H]1c1ccccc1. The van der Waals surface area contributed by atoms with E-state index in [0.717, 1.165) is 17.5 Å². The minimum absolute atomic E-state index is 0.0950. The van der Waals surface area contributed by atoms with E-state index in [1.807, 2.05) is 49.1 Å². The third-order valence-corrected chi connectivity index (χ3v) is 7.55. The Labute approximate surface area is 231 Å². The number of hydrogen-bond acceptors (Lipinski definition) is 5. The molecule has 200 valence electrons. The molecule has 8 heteroatoms. The molecule has 0 fully saturated rings. The van der Waals surface area contributed by atoms with Crippen LogP contribution in [-0.2, 0) is 24.4 Å². The Morgan fingerprint density at radius 1 is 1.10 bits per heavy atom. The molecule has 1 aliphatic rings. The predicted octanol–water partition coefficient (Wildman–Crippen LogP) is 5.92. The van der Waals surface area contributed by atoms with Gasteiger partial charge in [0, 0.05) is 24.4 Å². The van der Waals surface area contributed by atoms with E-state index in [1.54, 1.807) is 17.5 Å². The lowest BCUT2D eigenvalue weighted by Gasteiger charge is -2.39. The predicted molar refractivity (Wildman–Crippen MR) is 149 cm³/mol. The number of rotatable bonds is 8. The van der Waals surface area contributed by atoms with Gasteiger partial charge in [0.1, 0.15) is 28.9 Å². The third kappa shape index (κ3) is 6.17. The summed E-state index contributed by atoms with van der Waals surface area (Å²) in [6, 6.07) is 22.1. The molecule has 1 aliphatic heterocycles. The molecule has 3 aromatic carbocycles. The molecule has 0 radical (unpaired) electrons. The molecule has 4 aromatic rings. The van der Waals surface area contributed by atoms with Gasteiger partial charge in [-0.3, -0.25) is 9.59 Å². The van der Waals surface area contributed by atoms with Crippen molar-refractivity contribution in [1.82, 2.24) is 15.2 Å². The second kappa shape index (κ2) is 11.8. The summed E-state index contributed by atoms with van der Waals surface area (Å²) in [4.78, 5) is 32.0. The highest BCUT2D eigenvalue weighted by molar-refractivity contribution is 7.09. The van der Waals surface area contributed by atoms with Crippen LogP contribution in [0.1, 0.15) is 57.6 Å². The number of ether oxygens (including phenoxy) is 1. The van der Waals surface area contributed by atoms with E-state index in [0.29, 0.717) is 28.6 Å². The summed E-state index contributed by atoms with van der Waals surface area (Å²) in [5, 5.41) is 5.13. The second-order valence-corrected chi connectivity index (χ2v) is 10.8. The van der Waals surface area contributed by atoms with Gasteiger partial charge in [0.15, 0.2) is 0 Å². The summed E-state index contributed by atoms with van der Waals surface area (Å²) in [5.74, 6) is 0.0532. The number of carbonyl (C=O) groups is 2. The minimum atomic E-state index is -0.341. The fourth-order valence-corrected chi connectivity index (χ4v) is 5.48. The smallest absolute Gasteiger partial charge is 0.271 e. The van der Waals surface area contributed by atoms with Gasteiger partial charge in [0.05, 0.1) is 6.04 Å². The average molecular weight is 544 g/mol. The monoisotopic (exact) mass is 543 g/mol. The average Bonchev–Trinajstić information content (AvgIpc) is 3.43. The Balaban J connectivity index is 1.29. The topological polar surface area (TPSA) is 71.5 Å². The molecule has 0 saturated heterocycles. The number of fused-ring (bicyclic) bond motifs is 1. The molecule has 2 amide bonds. The van der Waals surface area contributed by atoms with Crippen molar-refractivity contribution < 1.29 is 18.7 Å². The van der Waals surface area contributed by atoms with E-state index in [4.69, 9.17) is 4.74 Å². The highest BCUT2D eigenvalue weighted by Crippen LogP contribution is 2.38. The molecule has 5 rings (SSSR count). The number of aromatic nitrogens is 1. The molecule has 39 heavy (non-hydrogen) atoms. The lowest BCUT2D eigenvalue weighted by molar-refractivity contribution is -0.136. The van der Waals surface area contributed by atoms with Crippen molar-refractivity contribution >= 4 is 23.2 Å². The molecular weight excluding hydrogens is 513 g/mol. The lowest BCUT2D eigenvalue weighted by Crippen LogP contribution is -2.42. The first-order valence-corrected chi connectivity index (χ1v) is 13.8. The molecule has 0 aliphatic carbocycles. The fraction of sp³-hybridized carbons (Fsp3) is 0.258. The summed E-state index contributed by atoms with van der Waals surface area (Å²) in [6.45, 7) is 4.97. The largest absolute Gasteiger partial charge is 0.486 e. The number of halogens is 1. The molecule has 1 aromatic heterocycles. The number of hydrogen-bond donors (Lipinski definition) is 1. The summed E-state index contributed by atoms with van der Waals surface area (Å²) < 4.78 is 19.5. The molecule has 0 saturated carbocycles. The van der Waals surface area contributed by atoms with Crippen LogP contribution >= 0.6 is 11.3 Å². The molecule has 2 heterocycles. The van der Waals surface area contributed by atoms with Crippen LogP contribution in [0.2, 0.25) is 0 Å². The number of nitrogens with zero attached hydrogens (tertiary/aromatic N) is 2. The van der Waals surface area contributed by atoms with Crippen LogP contribution in [0.3, 0.4) is 0 Å². The zero-order valence-electron chi connectivity index (χ0n) is 21.9. The van der Waals surface area contributed by atoms with Gasteiger partial charge in [-0.05, 0) is 52.9 Å². The normalized spacial score (nSPS) is 14.7. The zero-order chi connectivity index (χ0) is 27.4. The quantitative estimate of drug-likeness (QED) is 0.299. The van der Waals surface area contributed by atoms with Crippen LogP contribution in [0, 0.1) is 11.7 Å². The summed E-state index contributed by atoms with van der Waals surface area (Å²) >= 11 is 1.35. The Bertz CT molecular complexity index is 1470. The van der Waals surface area contributed by atoms with Crippen molar-refractivity contribution in [3.05, 3.63) is 117 Å². The summed E-state index contributed by atoms with van der Waals surface area (Å²) in [5.41, 5.74) is 4.31. The van der Waals surface area contributed by atoms with Gasteiger partial charge >= 0.3 is 0 Å². The highest BCUT2D eigenvalue weighted by atomic mass is 32.1. The van der Waals surface area contributed by atoms with Gasteiger partial charge < -0.3 is 15.0 Å². The Hall–Kier alpha value is -4.04. The maximum absolute atomic E-state index is 13.4. The van der Waals surface area contributed by atoms with Gasteiger partial charge in [-0.15, -0.1) is 11.3 Å². The van der Waals surface area contributed by atoms with Crippen LogP contribution in [0.4, 0.5) is 4.39 Å². The van der Waals surface area contributed by atoms with Gasteiger partial charge in [-0.25, -0.2) is 9.37 Å². The van der Waals surface area contributed by atoms with E-state index < -0.39 is 0 Å². The van der Waals surface area contributed by atoms with E-state index >= 15 is 0 Å². The second-order valence-electron chi connectivity index (χ2n) is 9.84. The first kappa shape index (κ1) is 26.6. The number of thiazole rings is 1. The summed E-state index contributed by atoms with van der Waals surface area (Å²) in [7, 11) is 0.